The summed E-state index contributed by atoms with van der Waals surface area (Å²) in [7, 11) is 1.48. The third-order valence-corrected chi connectivity index (χ3v) is 17.2. The second-order valence-electron chi connectivity index (χ2n) is 19.6. The number of amides is 1. The molecule has 2 aliphatic heterocycles. The minimum atomic E-state index is -1.68. The van der Waals surface area contributed by atoms with Crippen molar-refractivity contribution < 1.29 is 24.2 Å². The molecule has 1 unspecified atom stereocenters. The predicted octanol–water partition coefficient (Wildman–Crippen LogP) is 12.2. The molecule has 0 spiro atoms. The van der Waals surface area contributed by atoms with E-state index in [0.717, 1.165) is 38.9 Å². The van der Waals surface area contributed by atoms with Crippen molar-refractivity contribution in [3.05, 3.63) is 225 Å². The van der Waals surface area contributed by atoms with E-state index in [1.54, 1.807) is 12.4 Å². The van der Waals surface area contributed by atoms with Crippen LogP contribution in [0.2, 0.25) is 0 Å². The summed E-state index contributed by atoms with van der Waals surface area (Å²) in [5.74, 6) is -0.592. The Balaban J connectivity index is 1.22. The van der Waals surface area contributed by atoms with Crippen LogP contribution in [0.3, 0.4) is 0 Å². The number of methoxy groups -OCH3 is 1. The molecule has 71 heavy (non-hydrogen) atoms. The molecule has 13 heteroatoms. The lowest BCUT2D eigenvalue weighted by Gasteiger charge is -2.54. The van der Waals surface area contributed by atoms with Crippen LogP contribution in [0.4, 0.5) is 0 Å². The predicted molar refractivity (Wildman–Crippen MR) is 287 cm³/mol. The zero-order chi connectivity index (χ0) is 50.0. The zero-order valence-electron chi connectivity index (χ0n) is 40.8. The number of benzene rings is 6. The average molecular weight is 1000 g/mol. The largest absolute Gasteiger partial charge is 0.507 e. The Labute approximate surface area is 428 Å². The maximum Gasteiger partial charge on any atom is 0.356 e. The lowest BCUT2D eigenvalue weighted by molar-refractivity contribution is -0.183. The molecule has 7 aromatic rings. The van der Waals surface area contributed by atoms with E-state index in [4.69, 9.17) is 14.5 Å². The number of β-lactam (4-membered cyclic amide) rings is 1. The lowest BCUT2D eigenvalue weighted by Crippen LogP contribution is -2.73. The van der Waals surface area contributed by atoms with E-state index in [0.29, 0.717) is 21.2 Å². The number of fused-ring (bicyclic) bond motifs is 1. The van der Waals surface area contributed by atoms with Crippen LogP contribution in [0.1, 0.15) is 92.2 Å². The summed E-state index contributed by atoms with van der Waals surface area (Å²) < 4.78 is 12.4. The molecule has 2 aliphatic rings. The Morgan fingerprint density at radius 2 is 1.25 bits per heavy atom. The number of H-pyrrole nitrogens is 1. The minimum Gasteiger partial charge on any atom is -0.507 e. The summed E-state index contributed by atoms with van der Waals surface area (Å²) in [4.78, 5) is 38.1. The topological polar surface area (TPSA) is 130 Å². The van der Waals surface area contributed by atoms with Gasteiger partial charge in [0, 0.05) is 35.1 Å². The first kappa shape index (κ1) is 49.6. The van der Waals surface area contributed by atoms with Gasteiger partial charge in [0.15, 0.2) is 6.10 Å². The van der Waals surface area contributed by atoms with Crippen LogP contribution >= 0.6 is 35.3 Å². The highest BCUT2D eigenvalue weighted by Gasteiger charge is 2.66. The van der Waals surface area contributed by atoms with Gasteiger partial charge in [-0.3, -0.25) is 9.69 Å². The molecule has 6 aromatic carbocycles. The lowest BCUT2D eigenvalue weighted by atomic mass is 9.70. The van der Waals surface area contributed by atoms with Crippen LogP contribution in [0.25, 0.3) is 0 Å². The Morgan fingerprint density at radius 1 is 0.775 bits per heavy atom. The summed E-state index contributed by atoms with van der Waals surface area (Å²) in [5, 5.41) is 23.0. The molecule has 1 aromatic heterocycles. The summed E-state index contributed by atoms with van der Waals surface area (Å²) >= 11 is 4.54. The van der Waals surface area contributed by atoms with Gasteiger partial charge in [0.2, 0.25) is 0 Å². The van der Waals surface area contributed by atoms with Crippen molar-refractivity contribution in [3.63, 3.8) is 0 Å². The van der Waals surface area contributed by atoms with Gasteiger partial charge in [-0.05, 0) is 56.3 Å². The maximum atomic E-state index is 15.6. The van der Waals surface area contributed by atoms with Crippen LogP contribution < -0.4 is 0 Å². The molecule has 1 saturated heterocycles. The molecule has 0 radical (unpaired) electrons. The van der Waals surface area contributed by atoms with E-state index in [1.165, 1.54) is 47.3 Å². The molecule has 3 heterocycles. The van der Waals surface area contributed by atoms with Crippen LogP contribution in [-0.4, -0.2) is 72.1 Å². The average Bonchev–Trinajstić information content (AvgIpc) is 3.90. The summed E-state index contributed by atoms with van der Waals surface area (Å²) in [6, 6.07) is 54.3. The Hall–Kier alpha value is -6.38. The molecule has 362 valence electrons. The van der Waals surface area contributed by atoms with Gasteiger partial charge < -0.3 is 14.6 Å². The highest BCUT2D eigenvalue weighted by atomic mass is 32.2. The van der Waals surface area contributed by atoms with Crippen molar-refractivity contribution in [1.82, 2.24) is 20.3 Å². The van der Waals surface area contributed by atoms with E-state index in [9.17, 15) is 5.11 Å². The Morgan fingerprint density at radius 3 is 1.69 bits per heavy atom. The molecular formula is C58H57N5O5S3. The number of carbonyl (C=O) groups excluding carboxylic acids is 2. The molecule has 3 atom stereocenters. The van der Waals surface area contributed by atoms with E-state index in [-0.39, 0.29) is 22.3 Å². The third-order valence-electron chi connectivity index (χ3n) is 13.0. The first-order valence-electron chi connectivity index (χ1n) is 23.5. The molecule has 0 bridgehead atoms. The molecule has 0 aliphatic carbocycles. The number of aromatic amines is 1. The number of ether oxygens (including phenoxy) is 2. The van der Waals surface area contributed by atoms with Gasteiger partial charge in [-0.2, -0.15) is 10.3 Å². The second kappa shape index (κ2) is 20.4. The Bertz CT molecular complexity index is 2860. The number of aromatic nitrogens is 3. The van der Waals surface area contributed by atoms with Gasteiger partial charge >= 0.3 is 5.97 Å². The van der Waals surface area contributed by atoms with Crippen LogP contribution in [0.15, 0.2) is 191 Å². The van der Waals surface area contributed by atoms with E-state index in [2.05, 4.69) is 93.4 Å². The first-order chi connectivity index (χ1) is 34.2. The van der Waals surface area contributed by atoms with Gasteiger partial charge in [0.05, 0.1) is 16.2 Å². The van der Waals surface area contributed by atoms with Crippen molar-refractivity contribution >= 4 is 53.4 Å². The van der Waals surface area contributed by atoms with Crippen molar-refractivity contribution in [3.8, 4) is 5.75 Å². The normalized spacial score (nSPS) is 17.8. The number of aromatic hydroxyl groups is 1. The van der Waals surface area contributed by atoms with Gasteiger partial charge in [-0.25, -0.2) is 9.79 Å². The SMILES string of the molecule is CO[C@@]1(N=Cc2cc(C(C)(C)C)c(O)c(C(C)(C)C)c2)C(=O)N2C(C(=O)OC(c3ccccc3)c3ccccc3)=C(SC(Sc3cn[nH]n3)C(c3ccccc3)(c3ccccc3)c3ccccc3)CS[C@@H]21. The standard InChI is InChI=1S/C58H57N5O5S3/c1-55(2,3)44-33-38(34-45(49(44)64)56(4,5)6)35-59-58(67-7)52(66)63-48(51(65)68-50(39-23-13-8-14-24-39)40-25-15-9-16-26-40)46(37-69-53(58)63)70-54(71-47-36-60-62-61-47)57(41-27-17-10-18-28-41,42-29-19-11-20-30-42)43-31-21-12-22-32-43/h8-36,50,53-54,64H,37H2,1-7H3,(H,60,61,62)/t53-,54?,58+/m1/s1. The smallest absolute Gasteiger partial charge is 0.356 e. The number of nitrogens with one attached hydrogen (secondary N) is 1. The number of esters is 1. The molecule has 9 rings (SSSR count). The maximum absolute atomic E-state index is 15.6. The Kier molecular flexibility index (Phi) is 14.2. The highest BCUT2D eigenvalue weighted by Crippen LogP contribution is 2.58. The van der Waals surface area contributed by atoms with Crippen LogP contribution in [0, 0.1) is 0 Å². The first-order valence-corrected chi connectivity index (χ1v) is 26.3. The summed E-state index contributed by atoms with van der Waals surface area (Å²) in [6.45, 7) is 12.3. The van der Waals surface area contributed by atoms with Crippen molar-refractivity contribution in [2.75, 3.05) is 12.9 Å². The minimum absolute atomic E-state index is 0.131. The fraction of sp³-hybridized carbons (Fsp3) is 0.259. The third kappa shape index (κ3) is 9.60. The van der Waals surface area contributed by atoms with E-state index >= 15 is 9.59 Å². The summed E-state index contributed by atoms with van der Waals surface area (Å²) in [6.07, 6.45) is 2.57. The number of phenolic OH excluding ortho intramolecular Hbond substituents is 1. The number of aliphatic imine (C=N–C) groups is 1. The number of nitrogens with zero attached hydrogens (tertiary/aromatic N) is 4. The van der Waals surface area contributed by atoms with Crippen LogP contribution in [0.5, 0.6) is 5.75 Å². The molecule has 1 amide bonds. The fourth-order valence-electron chi connectivity index (χ4n) is 9.41. The highest BCUT2D eigenvalue weighted by molar-refractivity contribution is 8.19. The second-order valence-corrected chi connectivity index (χ2v) is 23.3. The molecule has 0 saturated carbocycles. The van der Waals surface area contributed by atoms with Crippen LogP contribution in [-0.2, 0) is 35.3 Å². The molecular weight excluding hydrogens is 943 g/mol. The van der Waals surface area contributed by atoms with Crippen molar-refractivity contribution in [1.29, 1.82) is 0 Å². The van der Waals surface area contributed by atoms with Crippen molar-refractivity contribution in [2.45, 2.75) is 84.6 Å². The summed E-state index contributed by atoms with van der Waals surface area (Å²) in [5.41, 5.74) is 3.71. The van der Waals surface area contributed by atoms with E-state index < -0.39 is 39.1 Å². The van der Waals surface area contributed by atoms with Crippen molar-refractivity contribution in [2.24, 2.45) is 4.99 Å². The molecule has 2 N–H and O–H groups in total. The van der Waals surface area contributed by atoms with Gasteiger partial charge in [-0.15, -0.1) is 28.6 Å². The quantitative estimate of drug-likeness (QED) is 0.0256. The zero-order valence-corrected chi connectivity index (χ0v) is 43.2. The van der Waals surface area contributed by atoms with Gasteiger partial charge in [0.25, 0.3) is 11.6 Å². The number of carbonyl (C=O) groups is 2. The number of rotatable bonds is 15. The van der Waals surface area contributed by atoms with Gasteiger partial charge in [-0.1, -0.05) is 205 Å². The van der Waals surface area contributed by atoms with Gasteiger partial charge in [0.1, 0.15) is 21.8 Å². The molecule has 1 fully saturated rings. The monoisotopic (exact) mass is 999 g/mol. The number of phenols is 1. The fourth-order valence-corrected chi connectivity index (χ4v) is 14.2. The molecule has 10 nitrogen and oxygen atoms in total. The number of hydrogen-bond acceptors (Lipinski definition) is 11. The van der Waals surface area contributed by atoms with E-state index in [1.807, 2.05) is 127 Å². The number of thioether (sulfide) groups is 3. The number of hydrogen-bond donors (Lipinski definition) is 2.